The Balaban J connectivity index is 2.42. The zero-order valence-electron chi connectivity index (χ0n) is 7.94. The fraction of sp³-hybridized carbons (Fsp3) is 0.625. The highest BCUT2D eigenvalue weighted by Crippen LogP contribution is 2.38. The third-order valence-corrected chi connectivity index (χ3v) is 5.53. The molecule has 0 saturated carbocycles. The van der Waals surface area contributed by atoms with Crippen molar-refractivity contribution >= 4 is 31.6 Å². The van der Waals surface area contributed by atoms with Gasteiger partial charge in [-0.3, -0.25) is 0 Å². The summed E-state index contributed by atoms with van der Waals surface area (Å²) in [4.78, 5) is 0. The Bertz CT molecular complexity index is 468. The number of halogens is 1. The molecule has 0 bridgehead atoms. The summed E-state index contributed by atoms with van der Waals surface area (Å²) in [6.45, 7) is 0. The zero-order chi connectivity index (χ0) is 11.1. The van der Waals surface area contributed by atoms with E-state index in [2.05, 4.69) is 21.1 Å². The van der Waals surface area contributed by atoms with E-state index in [1.165, 1.54) is 0 Å². The van der Waals surface area contributed by atoms with Crippen LogP contribution in [0.25, 0.3) is 0 Å². The molecule has 2 N–H and O–H groups in total. The van der Waals surface area contributed by atoms with Gasteiger partial charge in [-0.1, -0.05) is 11.6 Å². The summed E-state index contributed by atoms with van der Waals surface area (Å²) in [5.41, 5.74) is 5.49. The summed E-state index contributed by atoms with van der Waals surface area (Å²) >= 11 is 3.19. The van der Waals surface area contributed by atoms with Crippen LogP contribution < -0.4 is 5.73 Å². The monoisotopic (exact) mass is 294 g/mol. The molecule has 84 valence electrons. The first-order valence-electron chi connectivity index (χ1n) is 4.64. The molecule has 0 aliphatic carbocycles. The van der Waals surface area contributed by atoms with Crippen LogP contribution in [0, 0.1) is 0 Å². The standard InChI is InChI=1S/C8H11BrN2O3S/c9-6-7(14-11-8(6)10)5-3-1-2-4-15(5,12)13/h5H,1-4H2,(H2,10,11). The van der Waals surface area contributed by atoms with Gasteiger partial charge in [0.25, 0.3) is 0 Å². The minimum atomic E-state index is -3.11. The maximum atomic E-state index is 11.8. The van der Waals surface area contributed by atoms with Crippen molar-refractivity contribution in [3.05, 3.63) is 10.2 Å². The topological polar surface area (TPSA) is 86.2 Å². The first-order chi connectivity index (χ1) is 7.02. The Morgan fingerprint density at radius 3 is 2.73 bits per heavy atom. The highest BCUT2D eigenvalue weighted by atomic mass is 79.9. The maximum absolute atomic E-state index is 11.8. The molecule has 1 aliphatic heterocycles. The average Bonchev–Trinajstić information content (AvgIpc) is 2.48. The molecule has 1 saturated heterocycles. The van der Waals surface area contributed by atoms with Crippen LogP contribution in [0.4, 0.5) is 5.82 Å². The van der Waals surface area contributed by atoms with Gasteiger partial charge >= 0.3 is 0 Å². The van der Waals surface area contributed by atoms with Gasteiger partial charge in [-0.15, -0.1) is 0 Å². The second-order valence-corrected chi connectivity index (χ2v) is 6.69. The largest absolute Gasteiger partial charge is 0.380 e. The predicted molar refractivity (Wildman–Crippen MR) is 59.0 cm³/mol. The molecule has 1 unspecified atom stereocenters. The molecular weight excluding hydrogens is 284 g/mol. The lowest BCUT2D eigenvalue weighted by atomic mass is 10.1. The molecule has 0 spiro atoms. The van der Waals surface area contributed by atoms with E-state index >= 15 is 0 Å². The summed E-state index contributed by atoms with van der Waals surface area (Å²) in [6, 6.07) is 0. The van der Waals surface area contributed by atoms with E-state index in [4.69, 9.17) is 10.3 Å². The number of rotatable bonds is 1. The Kier molecular flexibility index (Phi) is 2.76. The molecule has 2 rings (SSSR count). The van der Waals surface area contributed by atoms with Gasteiger partial charge in [0.05, 0.1) is 5.75 Å². The quantitative estimate of drug-likeness (QED) is 0.851. The van der Waals surface area contributed by atoms with E-state index in [0.29, 0.717) is 16.7 Å². The summed E-state index contributed by atoms with van der Waals surface area (Å²) in [5, 5.41) is 2.96. The molecule has 15 heavy (non-hydrogen) atoms. The van der Waals surface area contributed by atoms with Crippen LogP contribution in [0.15, 0.2) is 9.00 Å². The molecule has 0 radical (unpaired) electrons. The van der Waals surface area contributed by atoms with Crippen molar-refractivity contribution in [2.24, 2.45) is 0 Å². The second kappa shape index (κ2) is 3.79. The lowest BCUT2D eigenvalue weighted by molar-refractivity contribution is 0.370. The van der Waals surface area contributed by atoms with Crippen molar-refractivity contribution in [3.63, 3.8) is 0 Å². The van der Waals surface area contributed by atoms with Crippen LogP contribution in [0.5, 0.6) is 0 Å². The van der Waals surface area contributed by atoms with Gasteiger partial charge in [-0.2, -0.15) is 0 Å². The highest BCUT2D eigenvalue weighted by molar-refractivity contribution is 9.10. The number of hydrogen-bond donors (Lipinski definition) is 1. The van der Waals surface area contributed by atoms with Crippen molar-refractivity contribution in [1.29, 1.82) is 0 Å². The number of aromatic nitrogens is 1. The summed E-state index contributed by atoms with van der Waals surface area (Å²) < 4.78 is 29.0. The van der Waals surface area contributed by atoms with Crippen LogP contribution in [-0.2, 0) is 9.84 Å². The third kappa shape index (κ3) is 1.90. The van der Waals surface area contributed by atoms with Gasteiger partial charge in [0, 0.05) is 0 Å². The third-order valence-electron chi connectivity index (χ3n) is 2.55. The van der Waals surface area contributed by atoms with Crippen LogP contribution >= 0.6 is 15.9 Å². The molecule has 0 amide bonds. The van der Waals surface area contributed by atoms with Crippen LogP contribution in [0.1, 0.15) is 30.3 Å². The van der Waals surface area contributed by atoms with E-state index < -0.39 is 15.1 Å². The van der Waals surface area contributed by atoms with E-state index in [9.17, 15) is 8.42 Å². The summed E-state index contributed by atoms with van der Waals surface area (Å²) in [6.07, 6.45) is 2.19. The molecule has 7 heteroatoms. The zero-order valence-corrected chi connectivity index (χ0v) is 10.3. The highest BCUT2D eigenvalue weighted by Gasteiger charge is 2.35. The molecular formula is C8H11BrN2O3S. The van der Waals surface area contributed by atoms with E-state index in [0.717, 1.165) is 12.8 Å². The Morgan fingerprint density at radius 2 is 2.20 bits per heavy atom. The van der Waals surface area contributed by atoms with E-state index in [1.807, 2.05) is 0 Å². The normalized spacial score (nSPS) is 25.3. The Morgan fingerprint density at radius 1 is 1.47 bits per heavy atom. The number of nitrogens with two attached hydrogens (primary N) is 1. The fourth-order valence-electron chi connectivity index (χ4n) is 1.75. The number of hydrogen-bond acceptors (Lipinski definition) is 5. The molecule has 5 nitrogen and oxygen atoms in total. The lowest BCUT2D eigenvalue weighted by Crippen LogP contribution is -2.21. The number of nitrogens with zero attached hydrogens (tertiary/aromatic N) is 1. The smallest absolute Gasteiger partial charge is 0.181 e. The van der Waals surface area contributed by atoms with E-state index in [1.54, 1.807) is 0 Å². The van der Waals surface area contributed by atoms with Gasteiger partial charge in [0.1, 0.15) is 9.72 Å². The Labute approximate surface area is 96.0 Å². The van der Waals surface area contributed by atoms with Crippen molar-refractivity contribution in [2.75, 3.05) is 11.5 Å². The van der Waals surface area contributed by atoms with Crippen LogP contribution in [-0.4, -0.2) is 19.3 Å². The van der Waals surface area contributed by atoms with E-state index in [-0.39, 0.29) is 11.6 Å². The van der Waals surface area contributed by atoms with Gasteiger partial charge in [0.15, 0.2) is 21.4 Å². The van der Waals surface area contributed by atoms with Crippen molar-refractivity contribution in [2.45, 2.75) is 24.5 Å². The molecule has 1 aliphatic rings. The molecule has 1 aromatic rings. The van der Waals surface area contributed by atoms with Gasteiger partial charge in [-0.25, -0.2) is 8.42 Å². The Hall–Kier alpha value is -0.560. The van der Waals surface area contributed by atoms with Crippen LogP contribution in [0.2, 0.25) is 0 Å². The minimum absolute atomic E-state index is 0.200. The SMILES string of the molecule is Nc1noc(C2CCCCS2(=O)=O)c1Br. The van der Waals surface area contributed by atoms with Gasteiger partial charge < -0.3 is 10.3 Å². The molecule has 1 fully saturated rings. The number of anilines is 1. The summed E-state index contributed by atoms with van der Waals surface area (Å²) in [5.74, 6) is 0.753. The van der Waals surface area contributed by atoms with Gasteiger partial charge in [0.2, 0.25) is 0 Å². The van der Waals surface area contributed by atoms with Crippen molar-refractivity contribution < 1.29 is 12.9 Å². The average molecular weight is 295 g/mol. The second-order valence-electron chi connectivity index (χ2n) is 3.60. The fourth-order valence-corrected chi connectivity index (χ4v) is 4.23. The number of nitrogen functional groups attached to an aromatic ring is 1. The molecule has 0 aromatic carbocycles. The molecule has 1 aromatic heterocycles. The first kappa shape index (κ1) is 10.9. The molecule has 1 atom stereocenters. The predicted octanol–water partition coefficient (Wildman–Crippen LogP) is 1.66. The van der Waals surface area contributed by atoms with Crippen molar-refractivity contribution in [1.82, 2.24) is 5.16 Å². The summed E-state index contributed by atoms with van der Waals surface area (Å²) in [7, 11) is -3.11. The van der Waals surface area contributed by atoms with Gasteiger partial charge in [-0.05, 0) is 28.8 Å². The maximum Gasteiger partial charge on any atom is 0.181 e. The van der Waals surface area contributed by atoms with Crippen molar-refractivity contribution in [3.8, 4) is 0 Å². The minimum Gasteiger partial charge on any atom is -0.380 e. The number of sulfone groups is 1. The van der Waals surface area contributed by atoms with Crippen LogP contribution in [0.3, 0.4) is 0 Å². The molecule has 2 heterocycles. The first-order valence-corrected chi connectivity index (χ1v) is 7.15. The lowest BCUT2D eigenvalue weighted by Gasteiger charge is -2.19.